The number of hydrogen-bond donors (Lipinski definition) is 1. The van der Waals surface area contributed by atoms with Crippen molar-refractivity contribution in [2.24, 2.45) is 0 Å². The van der Waals surface area contributed by atoms with Crippen molar-refractivity contribution in [1.82, 2.24) is 4.72 Å². The molecule has 0 radical (unpaired) electrons. The highest BCUT2D eigenvalue weighted by Gasteiger charge is 1.98. The molecule has 0 fully saturated rings. The number of rotatable bonds is 4. The summed E-state index contributed by atoms with van der Waals surface area (Å²) in [5.41, 5.74) is 1.44. The van der Waals surface area contributed by atoms with Gasteiger partial charge in [-0.2, -0.15) is 0 Å². The molecule has 4 nitrogen and oxygen atoms in total. The first kappa shape index (κ1) is 11.0. The predicted octanol–water partition coefficient (Wildman–Crippen LogP) is 0.773. The van der Waals surface area contributed by atoms with Crippen LogP contribution in [0.25, 0.3) is 0 Å². The first-order chi connectivity index (χ1) is 6.59. The highest BCUT2D eigenvalue weighted by molar-refractivity contribution is 7.77. The Bertz CT molecular complexity index is 348. The van der Waals surface area contributed by atoms with E-state index >= 15 is 0 Å². The molecule has 0 spiro atoms. The van der Waals surface area contributed by atoms with Crippen LogP contribution in [0.15, 0.2) is 24.3 Å². The smallest absolute Gasteiger partial charge is 0.159 e. The van der Waals surface area contributed by atoms with Crippen molar-refractivity contribution < 1.29 is 13.6 Å². The molecule has 0 heterocycles. The number of benzene rings is 1. The largest absolute Gasteiger partial charge is 0.760 e. The average molecular weight is 212 g/mol. The number of carbonyl (C=O) groups excluding carboxylic acids is 1. The molecule has 1 unspecified atom stereocenters. The first-order valence-corrected chi connectivity index (χ1v) is 5.09. The lowest BCUT2D eigenvalue weighted by Crippen LogP contribution is -2.15. The van der Waals surface area contributed by atoms with Crippen LogP contribution in [-0.2, 0) is 17.8 Å². The summed E-state index contributed by atoms with van der Waals surface area (Å²) in [6.45, 7) is 1.73. The van der Waals surface area contributed by atoms with E-state index in [9.17, 15) is 13.6 Å². The van der Waals surface area contributed by atoms with Crippen molar-refractivity contribution in [2.75, 3.05) is 0 Å². The third-order valence-corrected chi connectivity index (χ3v) is 2.13. The Kier molecular flexibility index (Phi) is 3.94. The van der Waals surface area contributed by atoms with Crippen LogP contribution in [0.2, 0.25) is 0 Å². The summed E-state index contributed by atoms with van der Waals surface area (Å²) >= 11 is -2.25. The molecule has 1 aromatic carbocycles. The van der Waals surface area contributed by atoms with E-state index in [1.807, 2.05) is 0 Å². The number of ketones is 1. The van der Waals surface area contributed by atoms with Crippen LogP contribution in [0.3, 0.4) is 0 Å². The number of hydrogen-bond acceptors (Lipinski definition) is 3. The van der Waals surface area contributed by atoms with Gasteiger partial charge in [0, 0.05) is 23.4 Å². The van der Waals surface area contributed by atoms with Gasteiger partial charge in [0.2, 0.25) is 0 Å². The summed E-state index contributed by atoms with van der Waals surface area (Å²) in [4.78, 5) is 10.9. The van der Waals surface area contributed by atoms with Crippen LogP contribution < -0.4 is 4.72 Å². The standard InChI is InChI=1S/C9H11NO3S/c1-7(11)9-4-2-8(3-5-9)6-10-14(12)13/h2-5,10H,6H2,1H3,(H,12,13)/p-1. The van der Waals surface area contributed by atoms with Crippen LogP contribution in [0.4, 0.5) is 0 Å². The van der Waals surface area contributed by atoms with E-state index in [1.54, 1.807) is 24.3 Å². The molecule has 0 saturated carbocycles. The lowest BCUT2D eigenvalue weighted by molar-refractivity contribution is 0.101. The van der Waals surface area contributed by atoms with Gasteiger partial charge in [-0.3, -0.25) is 9.00 Å². The Morgan fingerprint density at radius 3 is 2.43 bits per heavy atom. The molecule has 1 N–H and O–H groups in total. The zero-order chi connectivity index (χ0) is 10.6. The zero-order valence-electron chi connectivity index (χ0n) is 7.65. The summed E-state index contributed by atoms with van der Waals surface area (Å²) in [5.74, 6) is -0.00286. The van der Waals surface area contributed by atoms with Crippen LogP contribution in [-0.4, -0.2) is 14.5 Å². The van der Waals surface area contributed by atoms with Gasteiger partial charge in [0.25, 0.3) is 0 Å². The summed E-state index contributed by atoms with van der Waals surface area (Å²) in [6, 6.07) is 6.79. The molecule has 1 aromatic rings. The van der Waals surface area contributed by atoms with Crippen LogP contribution in [0.1, 0.15) is 22.8 Å². The Hall–Kier alpha value is -1.04. The van der Waals surface area contributed by atoms with Gasteiger partial charge in [-0.05, 0) is 12.5 Å². The Balaban J connectivity index is 2.64. The van der Waals surface area contributed by atoms with E-state index in [0.29, 0.717) is 5.56 Å². The van der Waals surface area contributed by atoms with E-state index in [0.717, 1.165) is 5.56 Å². The zero-order valence-corrected chi connectivity index (χ0v) is 8.47. The van der Waals surface area contributed by atoms with Crippen LogP contribution >= 0.6 is 0 Å². The normalized spacial score (nSPS) is 12.4. The van der Waals surface area contributed by atoms with Crippen molar-refractivity contribution in [3.8, 4) is 0 Å². The Morgan fingerprint density at radius 2 is 2.00 bits per heavy atom. The number of nitrogens with one attached hydrogen (secondary N) is 1. The van der Waals surface area contributed by atoms with Crippen molar-refractivity contribution in [3.63, 3.8) is 0 Å². The SMILES string of the molecule is CC(=O)c1ccc(CNS(=O)[O-])cc1. The Morgan fingerprint density at radius 1 is 1.43 bits per heavy atom. The lowest BCUT2D eigenvalue weighted by Gasteiger charge is -2.06. The third kappa shape index (κ3) is 3.37. The molecule has 76 valence electrons. The highest BCUT2D eigenvalue weighted by atomic mass is 32.2. The number of Topliss-reactive ketones (excluding diaryl/α,β-unsaturated/α-hetero) is 1. The van der Waals surface area contributed by atoms with Crippen molar-refractivity contribution in [3.05, 3.63) is 35.4 Å². The molecule has 14 heavy (non-hydrogen) atoms. The van der Waals surface area contributed by atoms with Gasteiger partial charge in [0.1, 0.15) is 0 Å². The topological polar surface area (TPSA) is 69.2 Å². The fraction of sp³-hybridized carbons (Fsp3) is 0.222. The lowest BCUT2D eigenvalue weighted by atomic mass is 10.1. The van der Waals surface area contributed by atoms with Gasteiger partial charge >= 0.3 is 0 Å². The van der Waals surface area contributed by atoms with Gasteiger partial charge < -0.3 is 4.55 Å². The third-order valence-electron chi connectivity index (χ3n) is 1.75. The average Bonchev–Trinajstić information content (AvgIpc) is 2.15. The van der Waals surface area contributed by atoms with E-state index in [-0.39, 0.29) is 12.3 Å². The van der Waals surface area contributed by atoms with Gasteiger partial charge in [-0.15, -0.1) is 0 Å². The molecular weight excluding hydrogens is 202 g/mol. The minimum absolute atomic E-state index is 0.00286. The summed E-state index contributed by atoms with van der Waals surface area (Å²) < 4.78 is 22.6. The summed E-state index contributed by atoms with van der Waals surface area (Å²) in [5, 5.41) is 0. The van der Waals surface area contributed by atoms with E-state index in [4.69, 9.17) is 0 Å². The molecule has 1 rings (SSSR count). The maximum absolute atomic E-state index is 10.9. The molecule has 0 aromatic heterocycles. The van der Waals surface area contributed by atoms with Crippen LogP contribution in [0, 0.1) is 0 Å². The van der Waals surface area contributed by atoms with Gasteiger partial charge in [-0.25, -0.2) is 4.72 Å². The molecule has 0 aliphatic carbocycles. The van der Waals surface area contributed by atoms with Crippen molar-refractivity contribution in [1.29, 1.82) is 0 Å². The fourth-order valence-corrected chi connectivity index (χ4v) is 1.28. The van der Waals surface area contributed by atoms with E-state index < -0.39 is 11.3 Å². The summed E-state index contributed by atoms with van der Waals surface area (Å²) in [7, 11) is 0. The summed E-state index contributed by atoms with van der Waals surface area (Å²) in [6.07, 6.45) is 0. The molecule has 0 aliphatic heterocycles. The molecule has 0 saturated heterocycles. The fourth-order valence-electron chi connectivity index (χ4n) is 1.000. The monoisotopic (exact) mass is 212 g/mol. The predicted molar refractivity (Wildman–Crippen MR) is 52.2 cm³/mol. The Labute approximate surface area is 84.8 Å². The maximum atomic E-state index is 10.9. The maximum Gasteiger partial charge on any atom is 0.159 e. The second-order valence-electron chi connectivity index (χ2n) is 2.81. The van der Waals surface area contributed by atoms with Crippen LogP contribution in [0.5, 0.6) is 0 Å². The molecule has 5 heteroatoms. The minimum atomic E-state index is -2.25. The second kappa shape index (κ2) is 4.99. The molecule has 1 atom stereocenters. The van der Waals surface area contributed by atoms with E-state index in [1.165, 1.54) is 6.92 Å². The van der Waals surface area contributed by atoms with Gasteiger partial charge in [0.15, 0.2) is 5.78 Å². The molecule has 0 bridgehead atoms. The highest BCUT2D eigenvalue weighted by Crippen LogP contribution is 2.04. The van der Waals surface area contributed by atoms with Gasteiger partial charge in [0.05, 0.1) is 0 Å². The number of carbonyl (C=O) groups is 1. The van der Waals surface area contributed by atoms with Crippen molar-refractivity contribution >= 4 is 17.0 Å². The first-order valence-electron chi connectivity index (χ1n) is 4.02. The van der Waals surface area contributed by atoms with E-state index in [2.05, 4.69) is 4.72 Å². The molecular formula is C9H10NO3S-. The van der Waals surface area contributed by atoms with Crippen molar-refractivity contribution in [2.45, 2.75) is 13.5 Å². The second-order valence-corrected chi connectivity index (χ2v) is 3.57. The molecule has 0 amide bonds. The van der Waals surface area contributed by atoms with Gasteiger partial charge in [-0.1, -0.05) is 24.3 Å². The quantitative estimate of drug-likeness (QED) is 0.592. The molecule has 0 aliphatic rings. The minimum Gasteiger partial charge on any atom is -0.760 e.